The first kappa shape index (κ1) is 15.2. The Hall–Kier alpha value is -2.18. The van der Waals surface area contributed by atoms with Crippen LogP contribution in [0.4, 0.5) is 26.1 Å². The van der Waals surface area contributed by atoms with Crippen molar-refractivity contribution in [1.29, 1.82) is 0 Å². The molecule has 0 bridgehead atoms. The zero-order valence-electron chi connectivity index (χ0n) is 12.4. The molecule has 0 aliphatic heterocycles. The summed E-state index contributed by atoms with van der Waals surface area (Å²) in [5.41, 5.74) is 1.46. The largest absolute Gasteiger partial charge is 0.368 e. The Balaban J connectivity index is 2.30. The molecule has 0 radical (unpaired) electrons. The van der Waals surface area contributed by atoms with E-state index in [1.165, 1.54) is 0 Å². The third-order valence-corrected chi connectivity index (χ3v) is 2.97. The van der Waals surface area contributed by atoms with Crippen LogP contribution in [0.1, 0.15) is 26.0 Å². The predicted octanol–water partition coefficient (Wildman–Crippen LogP) is 3.22. The van der Waals surface area contributed by atoms with Crippen molar-refractivity contribution in [2.45, 2.75) is 26.7 Å². The number of hydrogen-bond acceptors (Lipinski definition) is 4. The second-order valence-corrected chi connectivity index (χ2v) is 4.72. The van der Waals surface area contributed by atoms with Crippen LogP contribution >= 0.6 is 0 Å². The number of nitrogens with zero attached hydrogens (tertiary/aromatic N) is 3. The van der Waals surface area contributed by atoms with Crippen molar-refractivity contribution >= 4 is 17.3 Å². The van der Waals surface area contributed by atoms with Gasteiger partial charge >= 0.3 is 0 Å². The highest BCUT2D eigenvalue weighted by molar-refractivity contribution is 5.60. The van der Waals surface area contributed by atoms with E-state index in [1.54, 1.807) is 17.9 Å². The Kier molecular flexibility index (Phi) is 4.72. The SMILES string of the molecule is CCCNc1nc(Nc2cn(C)nc2CC)c(F)cc1F. The van der Waals surface area contributed by atoms with Gasteiger partial charge in [0.25, 0.3) is 0 Å². The highest BCUT2D eigenvalue weighted by Gasteiger charge is 2.14. The molecule has 0 unspecified atom stereocenters. The van der Waals surface area contributed by atoms with E-state index in [4.69, 9.17) is 0 Å². The van der Waals surface area contributed by atoms with E-state index < -0.39 is 11.6 Å². The first-order chi connectivity index (χ1) is 10.0. The number of pyridine rings is 1. The molecule has 0 fully saturated rings. The lowest BCUT2D eigenvalue weighted by atomic mass is 10.3. The zero-order valence-corrected chi connectivity index (χ0v) is 12.4. The minimum atomic E-state index is -0.736. The van der Waals surface area contributed by atoms with Crippen molar-refractivity contribution in [3.63, 3.8) is 0 Å². The number of aryl methyl sites for hydroxylation is 2. The van der Waals surface area contributed by atoms with Crippen LogP contribution in [0.3, 0.4) is 0 Å². The summed E-state index contributed by atoms with van der Waals surface area (Å²) in [6.07, 6.45) is 3.26. The van der Waals surface area contributed by atoms with Crippen molar-refractivity contribution in [2.24, 2.45) is 7.05 Å². The van der Waals surface area contributed by atoms with Gasteiger partial charge in [-0.2, -0.15) is 5.10 Å². The molecule has 2 aromatic heterocycles. The molecule has 0 atom stereocenters. The summed E-state index contributed by atoms with van der Waals surface area (Å²) >= 11 is 0. The average molecular weight is 295 g/mol. The van der Waals surface area contributed by atoms with E-state index in [0.717, 1.165) is 18.2 Å². The summed E-state index contributed by atoms with van der Waals surface area (Å²) < 4.78 is 29.1. The fraction of sp³-hybridized carbons (Fsp3) is 0.429. The summed E-state index contributed by atoms with van der Waals surface area (Å²) in [5, 5.41) is 9.98. The molecule has 2 aromatic rings. The monoisotopic (exact) mass is 295 g/mol. The Bertz CT molecular complexity index is 624. The van der Waals surface area contributed by atoms with Gasteiger partial charge in [-0.15, -0.1) is 0 Å². The maximum absolute atomic E-state index is 13.9. The minimum absolute atomic E-state index is 0.0160. The third-order valence-electron chi connectivity index (χ3n) is 2.97. The summed E-state index contributed by atoms with van der Waals surface area (Å²) in [5.74, 6) is -1.41. The van der Waals surface area contributed by atoms with Crippen LogP contribution in [0.2, 0.25) is 0 Å². The summed E-state index contributed by atoms with van der Waals surface area (Å²) in [4.78, 5) is 3.98. The zero-order chi connectivity index (χ0) is 15.4. The smallest absolute Gasteiger partial charge is 0.169 e. The van der Waals surface area contributed by atoms with Crippen molar-refractivity contribution in [3.05, 3.63) is 29.6 Å². The van der Waals surface area contributed by atoms with Gasteiger partial charge in [-0.25, -0.2) is 13.8 Å². The molecule has 114 valence electrons. The predicted molar refractivity (Wildman–Crippen MR) is 78.8 cm³/mol. The third kappa shape index (κ3) is 3.48. The van der Waals surface area contributed by atoms with Gasteiger partial charge in [0.05, 0.1) is 11.4 Å². The molecule has 7 heteroatoms. The number of anilines is 3. The number of halogens is 2. The van der Waals surface area contributed by atoms with Crippen LogP contribution in [-0.2, 0) is 13.5 Å². The second kappa shape index (κ2) is 6.51. The lowest BCUT2D eigenvalue weighted by Gasteiger charge is -2.10. The first-order valence-corrected chi connectivity index (χ1v) is 6.94. The van der Waals surface area contributed by atoms with Gasteiger partial charge in [-0.3, -0.25) is 4.68 Å². The van der Waals surface area contributed by atoms with E-state index in [9.17, 15) is 8.78 Å². The van der Waals surface area contributed by atoms with E-state index in [1.807, 2.05) is 13.8 Å². The molecule has 0 aliphatic carbocycles. The Labute approximate surface area is 122 Å². The molecule has 0 aliphatic rings. The van der Waals surface area contributed by atoms with Crippen molar-refractivity contribution in [1.82, 2.24) is 14.8 Å². The fourth-order valence-corrected chi connectivity index (χ4v) is 1.95. The van der Waals surface area contributed by atoms with Crippen LogP contribution < -0.4 is 10.6 Å². The molecule has 0 spiro atoms. The Morgan fingerprint density at radius 2 is 1.90 bits per heavy atom. The van der Waals surface area contributed by atoms with Crippen molar-refractivity contribution < 1.29 is 8.78 Å². The normalized spacial score (nSPS) is 10.7. The van der Waals surface area contributed by atoms with Gasteiger partial charge < -0.3 is 10.6 Å². The van der Waals surface area contributed by atoms with Crippen LogP contribution in [-0.4, -0.2) is 21.3 Å². The maximum Gasteiger partial charge on any atom is 0.169 e. The highest BCUT2D eigenvalue weighted by atomic mass is 19.1. The summed E-state index contributed by atoms with van der Waals surface area (Å²) in [6, 6.07) is 0.829. The Morgan fingerprint density at radius 1 is 1.19 bits per heavy atom. The number of aromatic nitrogens is 3. The highest BCUT2D eigenvalue weighted by Crippen LogP contribution is 2.24. The van der Waals surface area contributed by atoms with Crippen molar-refractivity contribution in [2.75, 3.05) is 17.2 Å². The average Bonchev–Trinajstić information content (AvgIpc) is 2.80. The molecule has 2 N–H and O–H groups in total. The fourth-order valence-electron chi connectivity index (χ4n) is 1.95. The molecule has 2 heterocycles. The second-order valence-electron chi connectivity index (χ2n) is 4.72. The molecule has 0 aromatic carbocycles. The molecule has 2 rings (SSSR count). The van der Waals surface area contributed by atoms with Gasteiger partial charge in [-0.1, -0.05) is 13.8 Å². The molecule has 0 saturated heterocycles. The van der Waals surface area contributed by atoms with E-state index in [2.05, 4.69) is 20.7 Å². The van der Waals surface area contributed by atoms with E-state index in [-0.39, 0.29) is 11.6 Å². The van der Waals surface area contributed by atoms with Crippen LogP contribution in [0.25, 0.3) is 0 Å². The molecular formula is C14H19F2N5. The van der Waals surface area contributed by atoms with Gasteiger partial charge in [0.1, 0.15) is 0 Å². The summed E-state index contributed by atoms with van der Waals surface area (Å²) in [6.45, 7) is 4.48. The Morgan fingerprint density at radius 3 is 2.57 bits per heavy atom. The van der Waals surface area contributed by atoms with Crippen LogP contribution in [0, 0.1) is 11.6 Å². The van der Waals surface area contributed by atoms with Gasteiger partial charge in [0, 0.05) is 25.9 Å². The van der Waals surface area contributed by atoms with Crippen LogP contribution in [0.5, 0.6) is 0 Å². The quantitative estimate of drug-likeness (QED) is 0.859. The van der Waals surface area contributed by atoms with Crippen LogP contribution in [0.15, 0.2) is 12.3 Å². The standard InChI is InChI=1S/C14H19F2N5/c1-4-6-17-13-9(15)7-10(16)14(19-13)18-12-8-21(3)20-11(12)5-2/h7-8H,4-6H2,1-3H3,(H2,17,18,19). The van der Waals surface area contributed by atoms with E-state index >= 15 is 0 Å². The molecule has 0 amide bonds. The number of nitrogens with one attached hydrogen (secondary N) is 2. The summed E-state index contributed by atoms with van der Waals surface area (Å²) in [7, 11) is 1.78. The van der Waals surface area contributed by atoms with Gasteiger partial charge in [0.2, 0.25) is 0 Å². The number of hydrogen-bond donors (Lipinski definition) is 2. The molecule has 5 nitrogen and oxygen atoms in total. The maximum atomic E-state index is 13.9. The minimum Gasteiger partial charge on any atom is -0.368 e. The molecule has 0 saturated carbocycles. The first-order valence-electron chi connectivity index (χ1n) is 6.94. The molecular weight excluding hydrogens is 276 g/mol. The lowest BCUT2D eigenvalue weighted by molar-refractivity contribution is 0.579. The topological polar surface area (TPSA) is 54.8 Å². The van der Waals surface area contributed by atoms with Gasteiger partial charge in [-0.05, 0) is 12.8 Å². The van der Waals surface area contributed by atoms with Crippen molar-refractivity contribution in [3.8, 4) is 0 Å². The number of rotatable bonds is 6. The molecule has 21 heavy (non-hydrogen) atoms. The van der Waals surface area contributed by atoms with E-state index in [0.29, 0.717) is 18.7 Å². The lowest BCUT2D eigenvalue weighted by Crippen LogP contribution is -2.08. The van der Waals surface area contributed by atoms with Gasteiger partial charge in [0.15, 0.2) is 23.3 Å².